The second-order valence-electron chi connectivity index (χ2n) is 8.43. The van der Waals surface area contributed by atoms with E-state index in [4.69, 9.17) is 4.74 Å². The minimum atomic E-state index is -1.08. The summed E-state index contributed by atoms with van der Waals surface area (Å²) < 4.78 is 22.4. The summed E-state index contributed by atoms with van der Waals surface area (Å²) in [5.74, 6) is 1.01. The molecule has 4 rings (SSSR count). The van der Waals surface area contributed by atoms with Gasteiger partial charge in [0.1, 0.15) is 35.7 Å². The largest absolute Gasteiger partial charge is 0.487 e. The fourth-order valence-electron chi connectivity index (χ4n) is 4.79. The van der Waals surface area contributed by atoms with Crippen LogP contribution in [0.15, 0.2) is 36.0 Å². The van der Waals surface area contributed by atoms with Gasteiger partial charge in [-0.05, 0) is 63.1 Å². The molecule has 0 spiro atoms. The first-order valence-electron chi connectivity index (χ1n) is 10.8. The monoisotopic (exact) mass is 427 g/mol. The lowest BCUT2D eigenvalue weighted by atomic mass is 9.93. The van der Waals surface area contributed by atoms with Crippen molar-refractivity contribution in [3.05, 3.63) is 53.5 Å². The van der Waals surface area contributed by atoms with Gasteiger partial charge in [0.05, 0.1) is 6.04 Å². The Balaban J connectivity index is 1.64. The summed E-state index contributed by atoms with van der Waals surface area (Å²) in [7, 11) is 0. The van der Waals surface area contributed by atoms with Gasteiger partial charge in [-0.2, -0.15) is 0 Å². The van der Waals surface area contributed by atoms with Crippen molar-refractivity contribution < 1.29 is 19.3 Å². The van der Waals surface area contributed by atoms with Crippen molar-refractivity contribution in [2.75, 3.05) is 6.54 Å². The predicted octanol–water partition coefficient (Wildman–Crippen LogP) is 3.70. The van der Waals surface area contributed by atoms with Crippen molar-refractivity contribution in [1.29, 1.82) is 0 Å². The SMILES string of the molecule is C=C(C)c1ccn(C2CC(Oc3ccc(F)c4c3C(C)NCC4)C(O)C2O)c1N=CC. The Morgan fingerprint density at radius 3 is 2.81 bits per heavy atom. The minimum absolute atomic E-state index is 0.0539. The number of benzene rings is 1. The highest BCUT2D eigenvalue weighted by Gasteiger charge is 2.45. The van der Waals surface area contributed by atoms with Crippen LogP contribution in [0.1, 0.15) is 56.0 Å². The van der Waals surface area contributed by atoms with Crippen LogP contribution in [0.3, 0.4) is 0 Å². The molecule has 31 heavy (non-hydrogen) atoms. The van der Waals surface area contributed by atoms with Crippen molar-refractivity contribution in [3.63, 3.8) is 0 Å². The lowest BCUT2D eigenvalue weighted by Gasteiger charge is -2.28. The van der Waals surface area contributed by atoms with Crippen LogP contribution in [0.2, 0.25) is 0 Å². The molecule has 2 aromatic rings. The molecule has 0 radical (unpaired) electrons. The molecule has 0 saturated heterocycles. The summed E-state index contributed by atoms with van der Waals surface area (Å²) in [5.41, 5.74) is 3.22. The van der Waals surface area contributed by atoms with Gasteiger partial charge in [-0.3, -0.25) is 0 Å². The van der Waals surface area contributed by atoms with E-state index in [-0.39, 0.29) is 11.9 Å². The third kappa shape index (κ3) is 3.82. The van der Waals surface area contributed by atoms with E-state index in [0.29, 0.717) is 36.5 Å². The average Bonchev–Trinajstić information content (AvgIpc) is 3.27. The molecule has 166 valence electrons. The maximum Gasteiger partial charge on any atom is 0.140 e. The Morgan fingerprint density at radius 1 is 1.32 bits per heavy atom. The van der Waals surface area contributed by atoms with E-state index in [1.807, 2.05) is 37.6 Å². The smallest absolute Gasteiger partial charge is 0.140 e. The molecule has 1 aromatic carbocycles. The van der Waals surface area contributed by atoms with Crippen LogP contribution in [0.4, 0.5) is 10.2 Å². The summed E-state index contributed by atoms with van der Waals surface area (Å²) in [6, 6.07) is 4.49. The van der Waals surface area contributed by atoms with Gasteiger partial charge in [0.15, 0.2) is 0 Å². The number of ether oxygens (including phenoxy) is 1. The molecule has 1 aliphatic heterocycles. The van der Waals surface area contributed by atoms with Crippen molar-refractivity contribution in [2.45, 2.75) is 64.0 Å². The lowest BCUT2D eigenvalue weighted by molar-refractivity contribution is -0.0169. The van der Waals surface area contributed by atoms with Gasteiger partial charge in [-0.25, -0.2) is 9.38 Å². The van der Waals surface area contributed by atoms with Crippen molar-refractivity contribution >= 4 is 17.6 Å². The summed E-state index contributed by atoms with van der Waals surface area (Å²) in [6.45, 7) is 10.4. The Morgan fingerprint density at radius 2 is 2.10 bits per heavy atom. The summed E-state index contributed by atoms with van der Waals surface area (Å²) in [5, 5.41) is 24.9. The van der Waals surface area contributed by atoms with Crippen LogP contribution in [-0.4, -0.2) is 45.9 Å². The van der Waals surface area contributed by atoms with Crippen LogP contribution in [0, 0.1) is 5.82 Å². The lowest BCUT2D eigenvalue weighted by Crippen LogP contribution is -2.35. The number of aliphatic imine (C=N–C) groups is 1. The Hall–Kier alpha value is -2.48. The summed E-state index contributed by atoms with van der Waals surface area (Å²) >= 11 is 0. The van der Waals surface area contributed by atoms with E-state index < -0.39 is 24.4 Å². The number of fused-ring (bicyclic) bond motifs is 1. The molecule has 1 aliphatic carbocycles. The van der Waals surface area contributed by atoms with Crippen LogP contribution in [0.25, 0.3) is 5.57 Å². The van der Waals surface area contributed by atoms with Crippen molar-refractivity contribution in [2.24, 2.45) is 4.99 Å². The molecule has 1 aromatic heterocycles. The molecule has 5 unspecified atom stereocenters. The topological polar surface area (TPSA) is 79.0 Å². The number of nitrogens with one attached hydrogen (secondary N) is 1. The zero-order chi connectivity index (χ0) is 22.3. The van der Waals surface area contributed by atoms with Crippen LogP contribution in [0.5, 0.6) is 5.75 Å². The van der Waals surface area contributed by atoms with E-state index in [1.54, 1.807) is 12.3 Å². The molecule has 1 saturated carbocycles. The Bertz CT molecular complexity index is 1020. The quantitative estimate of drug-likeness (QED) is 0.636. The molecule has 1 fully saturated rings. The first-order chi connectivity index (χ1) is 14.8. The fourth-order valence-corrected chi connectivity index (χ4v) is 4.79. The maximum absolute atomic E-state index is 14.3. The van der Waals surface area contributed by atoms with Gasteiger partial charge in [0.2, 0.25) is 0 Å². The van der Waals surface area contributed by atoms with E-state index >= 15 is 0 Å². The summed E-state index contributed by atoms with van der Waals surface area (Å²) in [6.07, 6.45) is 1.82. The fraction of sp³-hybridized carbons (Fsp3) is 0.458. The van der Waals surface area contributed by atoms with E-state index in [2.05, 4.69) is 16.9 Å². The van der Waals surface area contributed by atoms with Crippen molar-refractivity contribution in [1.82, 2.24) is 9.88 Å². The molecule has 2 heterocycles. The second kappa shape index (κ2) is 8.57. The van der Waals surface area contributed by atoms with Gasteiger partial charge >= 0.3 is 0 Å². The number of halogens is 1. The molecule has 7 heteroatoms. The zero-order valence-corrected chi connectivity index (χ0v) is 18.2. The van der Waals surface area contributed by atoms with Crippen molar-refractivity contribution in [3.8, 4) is 5.75 Å². The molecule has 6 nitrogen and oxygen atoms in total. The Kier molecular flexibility index (Phi) is 6.01. The number of allylic oxidation sites excluding steroid dienone is 1. The zero-order valence-electron chi connectivity index (χ0n) is 18.2. The van der Waals surface area contributed by atoms with E-state index in [1.165, 1.54) is 6.07 Å². The highest BCUT2D eigenvalue weighted by Crippen LogP contribution is 2.41. The number of aliphatic hydroxyl groups is 2. The standard InChI is InChI=1S/C24H30FN3O3/c1-5-26-24-15(13(2)3)9-11-28(24)18-12-20(23(30)22(18)29)31-19-7-6-17(25)16-8-10-27-14(4)21(16)19/h5-7,9,11,14,18,20,22-23,27,29-30H,2,8,10,12H2,1,3-4H3. The minimum Gasteiger partial charge on any atom is -0.487 e. The first kappa shape index (κ1) is 21.7. The maximum atomic E-state index is 14.3. The molecule has 0 amide bonds. The van der Waals surface area contributed by atoms with Crippen LogP contribution >= 0.6 is 0 Å². The molecule has 0 bridgehead atoms. The Labute approximate surface area is 182 Å². The van der Waals surface area contributed by atoms with Gasteiger partial charge in [0.25, 0.3) is 0 Å². The number of hydrogen-bond acceptors (Lipinski definition) is 5. The predicted molar refractivity (Wildman–Crippen MR) is 120 cm³/mol. The highest BCUT2D eigenvalue weighted by molar-refractivity contribution is 5.73. The highest BCUT2D eigenvalue weighted by atomic mass is 19.1. The molecule has 5 atom stereocenters. The van der Waals surface area contributed by atoms with Crippen LogP contribution < -0.4 is 10.1 Å². The number of aliphatic hydroxyl groups excluding tert-OH is 2. The van der Waals surface area contributed by atoms with Gasteiger partial charge in [-0.15, -0.1) is 0 Å². The van der Waals surface area contributed by atoms with Gasteiger partial charge in [0, 0.05) is 36.0 Å². The number of nitrogens with zero attached hydrogens (tertiary/aromatic N) is 2. The average molecular weight is 428 g/mol. The first-order valence-corrected chi connectivity index (χ1v) is 10.8. The number of aromatic nitrogens is 1. The van der Waals surface area contributed by atoms with E-state index in [9.17, 15) is 14.6 Å². The third-order valence-electron chi connectivity index (χ3n) is 6.35. The second-order valence-corrected chi connectivity index (χ2v) is 8.43. The molecule has 2 aliphatic rings. The van der Waals surface area contributed by atoms with E-state index in [0.717, 1.165) is 16.7 Å². The van der Waals surface area contributed by atoms with Gasteiger partial charge in [-0.1, -0.05) is 6.58 Å². The molecule has 3 N–H and O–H groups in total. The third-order valence-corrected chi connectivity index (χ3v) is 6.35. The van der Waals surface area contributed by atoms with Crippen LogP contribution in [-0.2, 0) is 6.42 Å². The molecular weight excluding hydrogens is 397 g/mol. The molecular formula is C24H30FN3O3. The summed E-state index contributed by atoms with van der Waals surface area (Å²) in [4.78, 5) is 4.47. The normalized spacial score (nSPS) is 28.1. The number of rotatable bonds is 5. The van der Waals surface area contributed by atoms with Gasteiger partial charge < -0.3 is 24.8 Å². The number of hydrogen-bond donors (Lipinski definition) is 3.